The van der Waals surface area contributed by atoms with Crippen LogP contribution in [0.2, 0.25) is 0 Å². The number of nitrogens with two attached hydrogens (primary N) is 1. The standard InChI is InChI=1S/C14H20BrN3O/c1-9-4-5-11(6-12(9)15)18-10(2)8-17(3)13(7-16)14(18)19/h4-6,10,13H,7-8,16H2,1-3H3. The highest BCUT2D eigenvalue weighted by Crippen LogP contribution is 2.28. The third kappa shape index (κ3) is 2.68. The lowest BCUT2D eigenvalue weighted by Crippen LogP contribution is -2.62. The van der Waals surface area contributed by atoms with Crippen molar-refractivity contribution >= 4 is 27.5 Å². The topological polar surface area (TPSA) is 49.6 Å². The third-order valence-electron chi connectivity index (χ3n) is 3.70. The summed E-state index contributed by atoms with van der Waals surface area (Å²) >= 11 is 3.52. The SMILES string of the molecule is Cc1ccc(N2C(=O)C(CN)N(C)CC2C)cc1Br. The molecule has 1 fully saturated rings. The van der Waals surface area contributed by atoms with E-state index in [-0.39, 0.29) is 18.0 Å². The van der Waals surface area contributed by atoms with Crippen LogP contribution in [-0.4, -0.2) is 43.0 Å². The van der Waals surface area contributed by atoms with Gasteiger partial charge in [-0.25, -0.2) is 0 Å². The van der Waals surface area contributed by atoms with Gasteiger partial charge in [-0.2, -0.15) is 0 Å². The van der Waals surface area contributed by atoms with Crippen molar-refractivity contribution in [1.82, 2.24) is 4.90 Å². The highest BCUT2D eigenvalue weighted by molar-refractivity contribution is 9.10. The minimum absolute atomic E-state index is 0.0829. The molecule has 1 aliphatic rings. The number of likely N-dealkylation sites (N-methyl/N-ethyl adjacent to an activating group) is 1. The number of anilines is 1. The Balaban J connectivity index is 2.36. The van der Waals surface area contributed by atoms with Crippen molar-refractivity contribution in [1.29, 1.82) is 0 Å². The van der Waals surface area contributed by atoms with Gasteiger partial charge < -0.3 is 10.6 Å². The first-order valence-corrected chi connectivity index (χ1v) is 7.24. The van der Waals surface area contributed by atoms with Crippen LogP contribution in [0.15, 0.2) is 22.7 Å². The molecule has 0 aliphatic carbocycles. The summed E-state index contributed by atoms with van der Waals surface area (Å²) in [6.45, 7) is 5.28. The predicted molar refractivity (Wildman–Crippen MR) is 81.3 cm³/mol. The van der Waals surface area contributed by atoms with Crippen molar-refractivity contribution in [3.63, 3.8) is 0 Å². The molecule has 1 amide bonds. The minimum atomic E-state index is -0.226. The Hall–Kier alpha value is -0.910. The molecule has 0 radical (unpaired) electrons. The highest BCUT2D eigenvalue weighted by atomic mass is 79.9. The number of rotatable bonds is 2. The fourth-order valence-electron chi connectivity index (χ4n) is 2.59. The molecule has 1 aliphatic heterocycles. The number of nitrogens with zero attached hydrogens (tertiary/aromatic N) is 2. The number of hydrogen-bond donors (Lipinski definition) is 1. The van der Waals surface area contributed by atoms with Crippen molar-refractivity contribution in [2.24, 2.45) is 5.73 Å². The molecule has 1 saturated heterocycles. The summed E-state index contributed by atoms with van der Waals surface area (Å²) in [6, 6.07) is 5.94. The molecule has 5 heteroatoms. The average Bonchev–Trinajstić information content (AvgIpc) is 2.33. The molecule has 1 heterocycles. The van der Waals surface area contributed by atoms with E-state index >= 15 is 0 Å². The third-order valence-corrected chi connectivity index (χ3v) is 4.56. The zero-order chi connectivity index (χ0) is 14.2. The number of piperazine rings is 1. The molecule has 0 aromatic heterocycles. The lowest BCUT2D eigenvalue weighted by Gasteiger charge is -2.42. The maximum atomic E-state index is 12.6. The van der Waals surface area contributed by atoms with Gasteiger partial charge in [0.25, 0.3) is 0 Å². The van der Waals surface area contributed by atoms with Crippen molar-refractivity contribution in [2.75, 3.05) is 25.0 Å². The Kier molecular flexibility index (Phi) is 4.28. The Morgan fingerprint density at radius 1 is 1.47 bits per heavy atom. The van der Waals surface area contributed by atoms with Crippen LogP contribution in [-0.2, 0) is 4.79 Å². The molecule has 4 nitrogen and oxygen atoms in total. The van der Waals surface area contributed by atoms with Crippen molar-refractivity contribution in [2.45, 2.75) is 25.9 Å². The molecule has 0 spiro atoms. The quantitative estimate of drug-likeness (QED) is 0.901. The fraction of sp³-hybridized carbons (Fsp3) is 0.500. The van der Waals surface area contributed by atoms with Crippen LogP contribution >= 0.6 is 15.9 Å². The molecule has 2 atom stereocenters. The molecule has 1 aromatic carbocycles. The zero-order valence-electron chi connectivity index (χ0n) is 11.6. The second kappa shape index (κ2) is 5.61. The van der Waals surface area contributed by atoms with E-state index in [1.54, 1.807) is 0 Å². The lowest BCUT2D eigenvalue weighted by molar-refractivity contribution is -0.125. The second-order valence-electron chi connectivity index (χ2n) is 5.18. The van der Waals surface area contributed by atoms with E-state index in [0.29, 0.717) is 6.54 Å². The van der Waals surface area contributed by atoms with E-state index in [9.17, 15) is 4.79 Å². The Bertz CT molecular complexity index is 492. The molecule has 19 heavy (non-hydrogen) atoms. The van der Waals surface area contributed by atoms with E-state index in [0.717, 1.165) is 22.3 Å². The number of hydrogen-bond acceptors (Lipinski definition) is 3. The van der Waals surface area contributed by atoms with Gasteiger partial charge in [0.05, 0.1) is 0 Å². The molecule has 104 valence electrons. The van der Waals surface area contributed by atoms with E-state index < -0.39 is 0 Å². The van der Waals surface area contributed by atoms with Gasteiger partial charge in [0.1, 0.15) is 6.04 Å². The van der Waals surface area contributed by atoms with Crippen molar-refractivity contribution < 1.29 is 4.79 Å². The Morgan fingerprint density at radius 2 is 2.16 bits per heavy atom. The largest absolute Gasteiger partial charge is 0.328 e. The molecule has 2 unspecified atom stereocenters. The Morgan fingerprint density at radius 3 is 2.74 bits per heavy atom. The van der Waals surface area contributed by atoms with E-state index in [1.807, 2.05) is 42.0 Å². The van der Waals surface area contributed by atoms with Crippen LogP contribution in [0, 0.1) is 6.92 Å². The second-order valence-corrected chi connectivity index (χ2v) is 6.04. The highest BCUT2D eigenvalue weighted by Gasteiger charge is 2.36. The fourth-order valence-corrected chi connectivity index (χ4v) is 2.95. The number of benzene rings is 1. The van der Waals surface area contributed by atoms with Crippen molar-refractivity contribution in [3.8, 4) is 0 Å². The van der Waals surface area contributed by atoms with Crippen LogP contribution in [0.4, 0.5) is 5.69 Å². The van der Waals surface area contributed by atoms with Gasteiger partial charge in [0.2, 0.25) is 5.91 Å². The summed E-state index contributed by atoms with van der Waals surface area (Å²) in [5.41, 5.74) is 7.82. The summed E-state index contributed by atoms with van der Waals surface area (Å²) < 4.78 is 1.02. The first-order chi connectivity index (χ1) is 8.95. The first-order valence-electron chi connectivity index (χ1n) is 6.45. The summed E-state index contributed by atoms with van der Waals surface area (Å²) in [7, 11) is 1.95. The number of carbonyl (C=O) groups excluding carboxylic acids is 1. The number of carbonyl (C=O) groups is 1. The van der Waals surface area contributed by atoms with Gasteiger partial charge in [0.15, 0.2) is 0 Å². The lowest BCUT2D eigenvalue weighted by atomic mass is 10.1. The molecule has 2 rings (SSSR count). The van der Waals surface area contributed by atoms with Crippen LogP contribution < -0.4 is 10.6 Å². The maximum Gasteiger partial charge on any atom is 0.245 e. The van der Waals surface area contributed by atoms with Crippen LogP contribution in [0.25, 0.3) is 0 Å². The first kappa shape index (κ1) is 14.5. The van der Waals surface area contributed by atoms with E-state index in [1.165, 1.54) is 0 Å². The normalized spacial score (nSPS) is 24.9. The van der Waals surface area contributed by atoms with Gasteiger partial charge in [-0.1, -0.05) is 22.0 Å². The molecular formula is C14H20BrN3O. The van der Waals surface area contributed by atoms with Gasteiger partial charge >= 0.3 is 0 Å². The molecule has 2 N–H and O–H groups in total. The van der Waals surface area contributed by atoms with Gasteiger partial charge in [-0.15, -0.1) is 0 Å². The smallest absolute Gasteiger partial charge is 0.245 e. The summed E-state index contributed by atoms with van der Waals surface area (Å²) in [4.78, 5) is 16.5. The van der Waals surface area contributed by atoms with Gasteiger partial charge in [-0.05, 0) is 38.6 Å². The average molecular weight is 326 g/mol. The molecular weight excluding hydrogens is 306 g/mol. The van der Waals surface area contributed by atoms with Crippen LogP contribution in [0.3, 0.4) is 0 Å². The summed E-state index contributed by atoms with van der Waals surface area (Å²) in [5.74, 6) is 0.0829. The molecule has 1 aromatic rings. The van der Waals surface area contributed by atoms with E-state index in [2.05, 4.69) is 22.9 Å². The van der Waals surface area contributed by atoms with E-state index in [4.69, 9.17) is 5.73 Å². The molecule has 0 bridgehead atoms. The maximum absolute atomic E-state index is 12.6. The Labute approximate surface area is 122 Å². The monoisotopic (exact) mass is 325 g/mol. The summed E-state index contributed by atoms with van der Waals surface area (Å²) in [5, 5.41) is 0. The minimum Gasteiger partial charge on any atom is -0.328 e. The molecule has 0 saturated carbocycles. The van der Waals surface area contributed by atoms with Gasteiger partial charge in [-0.3, -0.25) is 9.69 Å². The number of halogens is 1. The zero-order valence-corrected chi connectivity index (χ0v) is 13.1. The van der Waals surface area contributed by atoms with Crippen LogP contribution in [0.1, 0.15) is 12.5 Å². The summed E-state index contributed by atoms with van der Waals surface area (Å²) in [6.07, 6.45) is 0. The number of amides is 1. The van der Waals surface area contributed by atoms with Gasteiger partial charge in [0, 0.05) is 29.3 Å². The predicted octanol–water partition coefficient (Wildman–Crippen LogP) is 1.75. The number of aryl methyl sites for hydroxylation is 1. The van der Waals surface area contributed by atoms with Crippen LogP contribution in [0.5, 0.6) is 0 Å². The van der Waals surface area contributed by atoms with Crippen molar-refractivity contribution in [3.05, 3.63) is 28.2 Å².